The number of nitrogens with zero attached hydrogens (tertiary/aromatic N) is 2. The third kappa shape index (κ3) is 22.6. The van der Waals surface area contributed by atoms with E-state index < -0.39 is 95.5 Å². The number of hydrogen-bond donors (Lipinski definition) is 8. The number of alkyl carbamates (subject to hydrolysis) is 1. The fraction of sp³-hybridized carbons (Fsp3) is 0.590. The van der Waals surface area contributed by atoms with Gasteiger partial charge in [-0.05, 0) is 141 Å². The van der Waals surface area contributed by atoms with Crippen molar-refractivity contribution in [3.63, 3.8) is 0 Å². The number of piperidine rings is 1. The summed E-state index contributed by atoms with van der Waals surface area (Å²) in [5.74, 6) is -3.31. The largest absolute Gasteiger partial charge is 0.445 e. The van der Waals surface area contributed by atoms with Crippen LogP contribution < -0.4 is 42.5 Å². The molecule has 9 rings (SSSR count). The maximum Gasteiger partial charge on any atom is 0.407 e. The monoisotopic (exact) mass is 1540 g/mol. The van der Waals surface area contributed by atoms with Crippen molar-refractivity contribution in [1.29, 1.82) is 0 Å². The molecule has 4 aliphatic carbocycles. The zero-order valence-corrected chi connectivity index (χ0v) is 65.2. The van der Waals surface area contributed by atoms with Crippen LogP contribution in [0.1, 0.15) is 154 Å². The number of allylic oxidation sites excluding steroid dienone is 4. The molecule has 111 heavy (non-hydrogen) atoms. The second-order valence-corrected chi connectivity index (χ2v) is 30.2. The minimum Gasteiger partial charge on any atom is -0.445 e. The zero-order chi connectivity index (χ0) is 79.7. The molecular formula is C83H115N9O19. The first-order valence-electron chi connectivity index (χ1n) is 39.4. The van der Waals surface area contributed by atoms with E-state index in [0.29, 0.717) is 76.3 Å². The van der Waals surface area contributed by atoms with Gasteiger partial charge in [0.1, 0.15) is 38.1 Å². The summed E-state index contributed by atoms with van der Waals surface area (Å²) in [6.45, 7) is 17.7. The Balaban J connectivity index is 0.637. The van der Waals surface area contributed by atoms with Crippen molar-refractivity contribution in [2.24, 2.45) is 40.2 Å². The van der Waals surface area contributed by atoms with Crippen molar-refractivity contribution in [3.05, 3.63) is 125 Å². The number of rotatable bonds is 43. The lowest BCUT2D eigenvalue weighted by Gasteiger charge is -2.59. The van der Waals surface area contributed by atoms with Crippen LogP contribution in [0.3, 0.4) is 0 Å². The van der Waals surface area contributed by atoms with Gasteiger partial charge in [-0.3, -0.25) is 38.4 Å². The number of para-hydroxylation sites is 1. The highest BCUT2D eigenvalue weighted by molar-refractivity contribution is 6.01. The molecule has 2 heterocycles. The maximum atomic E-state index is 15.0. The summed E-state index contributed by atoms with van der Waals surface area (Å²) in [7, 11) is 0. The number of aliphatic hydroxyl groups is 1. The fourth-order valence-corrected chi connectivity index (χ4v) is 16.9. The van der Waals surface area contributed by atoms with Gasteiger partial charge in [-0.2, -0.15) is 0 Å². The summed E-state index contributed by atoms with van der Waals surface area (Å²) in [5.41, 5.74) is 8.28. The normalized spacial score (nSPS) is 24.1. The number of anilines is 2. The van der Waals surface area contributed by atoms with E-state index in [1.54, 1.807) is 61.2 Å². The summed E-state index contributed by atoms with van der Waals surface area (Å²) in [6.07, 6.45) is 10.2. The summed E-state index contributed by atoms with van der Waals surface area (Å²) in [6, 6.07) is 19.1. The fourth-order valence-electron chi connectivity index (χ4n) is 16.9. The molecule has 0 radical (unpaired) electrons. The Bertz CT molecular complexity index is 3780. The summed E-state index contributed by atoms with van der Waals surface area (Å²) in [4.78, 5) is 136. The molecule has 3 aromatic carbocycles. The Labute approximate surface area is 651 Å². The number of hydrogen-bond acceptors (Lipinski definition) is 19. The smallest absolute Gasteiger partial charge is 0.407 e. The van der Waals surface area contributed by atoms with Gasteiger partial charge in [0.05, 0.1) is 71.6 Å². The van der Waals surface area contributed by atoms with E-state index in [9.17, 15) is 48.3 Å². The first-order chi connectivity index (χ1) is 53.4. The number of benzene rings is 3. The van der Waals surface area contributed by atoms with E-state index >= 15 is 4.79 Å². The second-order valence-electron chi connectivity index (χ2n) is 30.2. The number of ether oxygens (including phenoxy) is 8. The number of urea groups is 1. The van der Waals surface area contributed by atoms with Crippen molar-refractivity contribution < 1.29 is 90.9 Å². The van der Waals surface area contributed by atoms with Crippen LogP contribution in [0.5, 0.6) is 0 Å². The summed E-state index contributed by atoms with van der Waals surface area (Å²) < 4.78 is 47.7. The average molecular weight is 1540 g/mol. The number of amides is 9. The lowest BCUT2D eigenvalue weighted by atomic mass is 9.46. The van der Waals surface area contributed by atoms with E-state index in [-0.39, 0.29) is 138 Å². The average Bonchev–Trinajstić information content (AvgIpc) is 1.52. The van der Waals surface area contributed by atoms with Crippen LogP contribution in [0, 0.1) is 34.5 Å². The summed E-state index contributed by atoms with van der Waals surface area (Å²) >= 11 is 0. The number of fused-ring (bicyclic) bond motifs is 7. The van der Waals surface area contributed by atoms with Gasteiger partial charge >= 0.3 is 12.1 Å². The van der Waals surface area contributed by atoms with Crippen molar-refractivity contribution in [2.75, 3.05) is 95.9 Å². The van der Waals surface area contributed by atoms with Crippen LogP contribution in [-0.2, 0) is 95.8 Å². The van der Waals surface area contributed by atoms with Crippen molar-refractivity contribution >= 4 is 76.6 Å². The van der Waals surface area contributed by atoms with Gasteiger partial charge in [-0.1, -0.05) is 127 Å². The SMILES string of the molecule is C=Cc1ccccc1CN(C(=O)CCC(=O)NCCOCCOCCOCCOCCC(=O)N[C@H](C(=O)N[C@@H](CCCNC(N)=O)C(=O)Nc1ccc(COC(=O)NCC(=O)N2CCCCC2OCC(=O)[C@@]23OC(CCC)O[C@@H]2C[C@H]2[C@@H]4CCC5=CC(=O)C=C[C@]5(C)[C@H]4[C@@H](O)C[C@@]23C)cc1)C(C)C)c1ccccc1CC. The highest BCUT2D eigenvalue weighted by Crippen LogP contribution is 2.70. The number of carbonyl (C=O) groups excluding carboxylic acids is 10. The third-order valence-electron chi connectivity index (χ3n) is 22.5. The molecule has 28 nitrogen and oxygen atoms in total. The number of nitrogens with two attached hydrogens (primary N) is 1. The van der Waals surface area contributed by atoms with Gasteiger partial charge in [0.15, 0.2) is 23.5 Å². The number of carbonyl (C=O) groups is 10. The van der Waals surface area contributed by atoms with E-state index in [1.807, 2.05) is 68.5 Å². The number of primary amides is 1. The van der Waals surface area contributed by atoms with E-state index in [1.165, 1.54) is 4.90 Å². The zero-order valence-electron chi connectivity index (χ0n) is 65.2. The van der Waals surface area contributed by atoms with Crippen LogP contribution in [0.25, 0.3) is 6.08 Å². The maximum absolute atomic E-state index is 15.0. The number of ketones is 2. The molecular weight excluding hydrogens is 1430 g/mol. The van der Waals surface area contributed by atoms with Crippen LogP contribution in [0.15, 0.2) is 103 Å². The van der Waals surface area contributed by atoms with Crippen LogP contribution in [-0.4, -0.2) is 197 Å². The number of Topliss-reactive ketones (excluding diaryl/α,β-unsaturated/α-hetero) is 1. The molecule has 2 aliphatic heterocycles. The second kappa shape index (κ2) is 41.7. The van der Waals surface area contributed by atoms with E-state index in [2.05, 4.69) is 52.3 Å². The molecule has 3 saturated carbocycles. The van der Waals surface area contributed by atoms with E-state index in [4.69, 9.17) is 43.6 Å². The predicted octanol–water partition coefficient (Wildman–Crippen LogP) is 7.81. The van der Waals surface area contributed by atoms with Crippen LogP contribution in [0.4, 0.5) is 21.0 Å². The van der Waals surface area contributed by atoms with Gasteiger partial charge in [0, 0.05) is 67.0 Å². The van der Waals surface area contributed by atoms with Crippen LogP contribution >= 0.6 is 0 Å². The highest BCUT2D eigenvalue weighted by atomic mass is 16.7. The van der Waals surface area contributed by atoms with Crippen molar-refractivity contribution in [2.45, 2.75) is 193 Å². The number of aliphatic hydroxyl groups excluding tert-OH is 1. The molecule has 28 heteroatoms. The molecule has 6 aliphatic rings. The van der Waals surface area contributed by atoms with Gasteiger partial charge in [-0.25, -0.2) is 9.59 Å². The number of aryl methyl sites for hydroxylation is 1. The van der Waals surface area contributed by atoms with Gasteiger partial charge < -0.3 is 90.4 Å². The van der Waals surface area contributed by atoms with Crippen molar-refractivity contribution in [3.8, 4) is 0 Å². The molecule has 5 fully saturated rings. The Morgan fingerprint density at radius 1 is 0.793 bits per heavy atom. The Hall–Kier alpha value is -8.74. The van der Waals surface area contributed by atoms with E-state index in [0.717, 1.165) is 60.1 Å². The molecule has 2 saturated heterocycles. The molecule has 606 valence electrons. The highest BCUT2D eigenvalue weighted by Gasteiger charge is 2.76. The Morgan fingerprint density at radius 2 is 1.50 bits per heavy atom. The van der Waals surface area contributed by atoms with Gasteiger partial charge in [-0.15, -0.1) is 0 Å². The van der Waals surface area contributed by atoms with Crippen molar-refractivity contribution in [1.82, 2.24) is 31.5 Å². The predicted molar refractivity (Wildman–Crippen MR) is 414 cm³/mol. The minimum absolute atomic E-state index is 0.0142. The molecule has 9 N–H and O–H groups in total. The lowest BCUT2D eigenvalue weighted by Crippen LogP contribution is -2.64. The topological polar surface area (TPSA) is 369 Å². The number of likely N-dealkylation sites (tertiary alicyclic amines) is 1. The number of nitrogens with one attached hydrogen (secondary N) is 6. The molecule has 9 amide bonds. The molecule has 3 aromatic rings. The van der Waals surface area contributed by atoms with Gasteiger partial charge in [0.25, 0.3) is 0 Å². The first-order valence-corrected chi connectivity index (χ1v) is 39.4. The molecule has 0 spiro atoms. The minimum atomic E-state index is -1.39. The molecule has 0 bridgehead atoms. The summed E-state index contributed by atoms with van der Waals surface area (Å²) in [5, 5.41) is 28.4. The first kappa shape index (κ1) is 86.2. The molecule has 2 unspecified atom stereocenters. The van der Waals surface area contributed by atoms with Crippen LogP contribution in [0.2, 0.25) is 0 Å². The molecule has 0 aromatic heterocycles. The quantitative estimate of drug-likeness (QED) is 0.0250. The lowest BCUT2D eigenvalue weighted by molar-refractivity contribution is -0.204. The Kier molecular flexibility index (Phi) is 32.4. The third-order valence-corrected chi connectivity index (χ3v) is 22.5. The van der Waals surface area contributed by atoms with Gasteiger partial charge in [0.2, 0.25) is 35.4 Å². The standard InChI is InChI=1S/C83H115N9O19/c1-8-18-74-110-68-48-63-62-30-27-59-47-61(93)33-35-81(59,6)75(62)66(94)49-82(63,7)83(68,111-74)67(95)53-108-73-24-15-16-38-91(73)72(99)50-87-80(103)109-52-55-25-28-60(29-26-55)88-77(100)64(22-17-36-86-79(84)102)89-78(101)76(54(4)5)90-70(97)34-39-104-41-43-106-45-46-107-44-42-105-40-37-85-69(96)31-32-71(98)92(65-23-14-13-20-57(65)10-3)51-58-21-12-11-19-56(58)9-2/h9,11-14,19-21,23,25-26,28-29,33,35,47,54,62-64,66,68,73-76,94H,2,8,10,15-18,22,24,27,30-32,34,36-46,48-53H2,1,3-7H3,(H,85,96)(H,87,103)(H,88,100)(H,89,101)(H,90,97)(H3,84,86,102)/t62-,63-,64-,66-,68+,73?,74?,75+,76-,81-,82-,83+/m0/s1. The molecule has 12 atom stereocenters. The Morgan fingerprint density at radius 3 is 2.20 bits per heavy atom.